The van der Waals surface area contributed by atoms with Crippen LogP contribution in [0.2, 0.25) is 0 Å². The minimum Gasteiger partial charge on any atom is -0.497 e. The van der Waals surface area contributed by atoms with Crippen molar-refractivity contribution in [3.63, 3.8) is 0 Å². The molecule has 0 unspecified atom stereocenters. The fraction of sp³-hybridized carbons (Fsp3) is 0.286. The van der Waals surface area contributed by atoms with Crippen molar-refractivity contribution in [1.82, 2.24) is 14.6 Å². The second kappa shape index (κ2) is 8.36. The number of sulfonamides is 1. The Labute approximate surface area is 170 Å². The molecule has 1 aliphatic heterocycles. The lowest BCUT2D eigenvalue weighted by atomic mass is 10.1. The molecule has 0 radical (unpaired) electrons. The SMILES string of the molecule is COc1ccc(Oc2cncc3cccc(S(=O)(=O)N4CCCNCC4)c23)cc1. The Bertz CT molecular complexity index is 1090. The van der Waals surface area contributed by atoms with Gasteiger partial charge in [-0.1, -0.05) is 12.1 Å². The van der Waals surface area contributed by atoms with Crippen LogP contribution in [-0.2, 0) is 10.0 Å². The maximum Gasteiger partial charge on any atom is 0.243 e. The molecule has 7 nitrogen and oxygen atoms in total. The van der Waals surface area contributed by atoms with Gasteiger partial charge in [0.15, 0.2) is 5.75 Å². The number of hydrogen-bond donors (Lipinski definition) is 1. The summed E-state index contributed by atoms with van der Waals surface area (Å²) >= 11 is 0. The van der Waals surface area contributed by atoms with Gasteiger partial charge < -0.3 is 14.8 Å². The van der Waals surface area contributed by atoms with Crippen molar-refractivity contribution in [2.75, 3.05) is 33.3 Å². The molecular weight excluding hydrogens is 390 g/mol. The van der Waals surface area contributed by atoms with Gasteiger partial charge in [-0.05, 0) is 43.3 Å². The van der Waals surface area contributed by atoms with Crippen molar-refractivity contribution < 1.29 is 17.9 Å². The minimum absolute atomic E-state index is 0.239. The van der Waals surface area contributed by atoms with Crippen LogP contribution >= 0.6 is 0 Å². The smallest absolute Gasteiger partial charge is 0.243 e. The maximum atomic E-state index is 13.4. The average molecular weight is 413 g/mol. The number of rotatable bonds is 5. The molecule has 1 fully saturated rings. The van der Waals surface area contributed by atoms with Crippen LogP contribution in [0, 0.1) is 0 Å². The minimum atomic E-state index is -3.67. The number of fused-ring (bicyclic) bond motifs is 1. The molecule has 2 aromatic carbocycles. The first-order valence-electron chi connectivity index (χ1n) is 9.49. The van der Waals surface area contributed by atoms with Gasteiger partial charge in [-0.2, -0.15) is 4.31 Å². The Kier molecular flexibility index (Phi) is 5.66. The van der Waals surface area contributed by atoms with E-state index in [4.69, 9.17) is 9.47 Å². The normalized spacial score (nSPS) is 15.8. The Balaban J connectivity index is 1.78. The first-order chi connectivity index (χ1) is 14.1. The molecule has 4 rings (SSSR count). The van der Waals surface area contributed by atoms with Crippen molar-refractivity contribution in [1.29, 1.82) is 0 Å². The van der Waals surface area contributed by atoms with Gasteiger partial charge in [0, 0.05) is 36.6 Å². The molecule has 1 aliphatic rings. The van der Waals surface area contributed by atoms with Crippen molar-refractivity contribution in [2.24, 2.45) is 0 Å². The quantitative estimate of drug-likeness (QED) is 0.693. The highest BCUT2D eigenvalue weighted by molar-refractivity contribution is 7.89. The summed E-state index contributed by atoms with van der Waals surface area (Å²) in [5.41, 5.74) is 0. The Morgan fingerprint density at radius 1 is 1.00 bits per heavy atom. The number of methoxy groups -OCH3 is 1. The van der Waals surface area contributed by atoms with E-state index < -0.39 is 10.0 Å². The maximum absolute atomic E-state index is 13.4. The van der Waals surface area contributed by atoms with Gasteiger partial charge in [0.05, 0.1) is 18.2 Å². The highest BCUT2D eigenvalue weighted by Crippen LogP contribution is 2.35. The summed E-state index contributed by atoms with van der Waals surface area (Å²) in [6.45, 7) is 2.39. The van der Waals surface area contributed by atoms with E-state index in [9.17, 15) is 8.42 Å². The predicted molar refractivity (Wildman–Crippen MR) is 111 cm³/mol. The first kappa shape index (κ1) is 19.6. The van der Waals surface area contributed by atoms with E-state index in [2.05, 4.69) is 10.3 Å². The molecule has 1 saturated heterocycles. The number of benzene rings is 2. The molecule has 0 aliphatic carbocycles. The summed E-state index contributed by atoms with van der Waals surface area (Å²) < 4.78 is 39.6. The Morgan fingerprint density at radius 2 is 1.79 bits per heavy atom. The van der Waals surface area contributed by atoms with Gasteiger partial charge in [0.25, 0.3) is 0 Å². The number of pyridine rings is 1. The second-order valence-electron chi connectivity index (χ2n) is 6.78. The van der Waals surface area contributed by atoms with Gasteiger partial charge in [-0.3, -0.25) is 4.98 Å². The molecule has 1 N–H and O–H groups in total. The zero-order valence-corrected chi connectivity index (χ0v) is 17.0. The fourth-order valence-corrected chi connectivity index (χ4v) is 5.14. The van der Waals surface area contributed by atoms with Crippen LogP contribution in [0.5, 0.6) is 17.2 Å². The number of aromatic nitrogens is 1. The zero-order chi connectivity index (χ0) is 20.3. The third-order valence-electron chi connectivity index (χ3n) is 4.91. The summed E-state index contributed by atoms with van der Waals surface area (Å²) in [5.74, 6) is 1.69. The van der Waals surface area contributed by atoms with Crippen LogP contribution in [0.25, 0.3) is 10.8 Å². The van der Waals surface area contributed by atoms with Crippen LogP contribution in [0.1, 0.15) is 6.42 Å². The summed E-state index contributed by atoms with van der Waals surface area (Å²) in [4.78, 5) is 4.46. The molecule has 0 saturated carbocycles. The Hall–Kier alpha value is -2.68. The standard InChI is InChI=1S/C21H23N3O4S/c1-27-17-6-8-18(9-7-17)28-19-15-23-14-16-4-2-5-20(21(16)19)29(25,26)24-12-3-10-22-11-13-24/h2,4-9,14-15,22H,3,10-13H2,1H3. The van der Waals surface area contributed by atoms with Gasteiger partial charge >= 0.3 is 0 Å². The van der Waals surface area contributed by atoms with Crippen molar-refractivity contribution in [2.45, 2.75) is 11.3 Å². The summed E-state index contributed by atoms with van der Waals surface area (Å²) in [6.07, 6.45) is 3.98. The number of nitrogens with zero attached hydrogens (tertiary/aromatic N) is 2. The molecule has 0 atom stereocenters. The lowest BCUT2D eigenvalue weighted by Crippen LogP contribution is -2.34. The Morgan fingerprint density at radius 3 is 2.59 bits per heavy atom. The van der Waals surface area contributed by atoms with E-state index in [0.717, 1.165) is 13.0 Å². The third kappa shape index (κ3) is 4.05. The monoisotopic (exact) mass is 413 g/mol. The van der Waals surface area contributed by atoms with Crippen molar-refractivity contribution >= 4 is 20.8 Å². The average Bonchev–Trinajstić information content (AvgIpc) is 3.04. The van der Waals surface area contributed by atoms with Gasteiger partial charge in [-0.25, -0.2) is 8.42 Å². The van der Waals surface area contributed by atoms with Crippen LogP contribution in [-0.4, -0.2) is 51.0 Å². The van der Waals surface area contributed by atoms with Gasteiger partial charge in [0.1, 0.15) is 11.5 Å². The van der Waals surface area contributed by atoms with Crippen LogP contribution in [0.3, 0.4) is 0 Å². The highest BCUT2D eigenvalue weighted by Gasteiger charge is 2.28. The molecule has 8 heteroatoms. The molecule has 1 aromatic heterocycles. The van der Waals surface area contributed by atoms with Crippen molar-refractivity contribution in [3.05, 3.63) is 54.9 Å². The van der Waals surface area contributed by atoms with Crippen LogP contribution in [0.15, 0.2) is 59.8 Å². The zero-order valence-electron chi connectivity index (χ0n) is 16.2. The fourth-order valence-electron chi connectivity index (χ4n) is 3.43. The molecule has 0 spiro atoms. The summed E-state index contributed by atoms with van der Waals surface area (Å²) in [5, 5.41) is 4.49. The molecule has 2 heterocycles. The topological polar surface area (TPSA) is 80.8 Å². The van der Waals surface area contributed by atoms with E-state index >= 15 is 0 Å². The molecule has 152 valence electrons. The molecule has 3 aromatic rings. The van der Waals surface area contributed by atoms with E-state index in [1.807, 2.05) is 6.07 Å². The van der Waals surface area contributed by atoms with Crippen LogP contribution in [0.4, 0.5) is 0 Å². The number of hydrogen-bond acceptors (Lipinski definition) is 6. The lowest BCUT2D eigenvalue weighted by Gasteiger charge is -2.21. The van der Waals surface area contributed by atoms with E-state index in [1.165, 1.54) is 0 Å². The number of nitrogens with one attached hydrogen (secondary N) is 1. The highest BCUT2D eigenvalue weighted by atomic mass is 32.2. The third-order valence-corrected chi connectivity index (χ3v) is 6.86. The second-order valence-corrected chi connectivity index (χ2v) is 8.68. The van der Waals surface area contributed by atoms with Crippen LogP contribution < -0.4 is 14.8 Å². The number of ether oxygens (including phenoxy) is 2. The van der Waals surface area contributed by atoms with E-state index in [1.54, 1.807) is 60.2 Å². The van der Waals surface area contributed by atoms with E-state index in [0.29, 0.717) is 47.7 Å². The first-order valence-corrected chi connectivity index (χ1v) is 10.9. The largest absolute Gasteiger partial charge is 0.497 e. The molecule has 0 bridgehead atoms. The molecule has 0 amide bonds. The summed E-state index contributed by atoms with van der Waals surface area (Å²) in [7, 11) is -2.07. The van der Waals surface area contributed by atoms with Gasteiger partial charge in [-0.15, -0.1) is 0 Å². The van der Waals surface area contributed by atoms with Gasteiger partial charge in [0.2, 0.25) is 10.0 Å². The summed E-state index contributed by atoms with van der Waals surface area (Å²) in [6, 6.07) is 12.3. The molecular formula is C21H23N3O4S. The predicted octanol–water partition coefficient (Wildman–Crippen LogP) is 3.02. The van der Waals surface area contributed by atoms with Crippen molar-refractivity contribution in [3.8, 4) is 17.2 Å². The van der Waals surface area contributed by atoms with E-state index in [-0.39, 0.29) is 4.90 Å². The molecule has 29 heavy (non-hydrogen) atoms. The lowest BCUT2D eigenvalue weighted by molar-refractivity contribution is 0.413.